The monoisotopic (exact) mass is 230 g/mol. The topological polar surface area (TPSA) is 46.3 Å². The van der Waals surface area contributed by atoms with Crippen LogP contribution < -0.4 is 5.73 Å². The molecule has 0 bridgehead atoms. The molecule has 0 fully saturated rings. The number of carbonyl (C=O) groups is 1. The third-order valence-corrected chi connectivity index (χ3v) is 2.96. The van der Waals surface area contributed by atoms with Gasteiger partial charge in [0.05, 0.1) is 6.04 Å². The number of hydrogen-bond donors (Lipinski definition) is 1. The van der Waals surface area contributed by atoms with Crippen LogP contribution in [0.4, 0.5) is 0 Å². The summed E-state index contributed by atoms with van der Waals surface area (Å²) < 4.78 is 0. The lowest BCUT2D eigenvalue weighted by atomic mass is 10.0. The van der Waals surface area contributed by atoms with Crippen LogP contribution in [0.15, 0.2) is 0 Å². The Morgan fingerprint density at radius 2 is 1.88 bits per heavy atom. The Balaban J connectivity index is 0. The Kier molecular flexibility index (Phi) is 9.54. The standard InChI is InChI=1S/C13H28N2O.H2/c1-4-6-10-15(3)11-8-7-9-12(14)13(16)5-2;/h12H,4-11,14H2,1-3H3;1H/t12-;/m0./s1. The highest BCUT2D eigenvalue weighted by molar-refractivity contribution is 5.83. The second-order valence-electron chi connectivity index (χ2n) is 4.58. The SMILES string of the molecule is CCCCN(C)CCCC[C@H](N)C(=O)CC.[HH]. The molecule has 2 N–H and O–H groups in total. The van der Waals surface area contributed by atoms with Gasteiger partial charge in [0.1, 0.15) is 5.78 Å². The number of nitrogens with zero attached hydrogens (tertiary/aromatic N) is 1. The van der Waals surface area contributed by atoms with E-state index >= 15 is 0 Å². The van der Waals surface area contributed by atoms with E-state index in [9.17, 15) is 4.79 Å². The smallest absolute Gasteiger partial charge is 0.149 e. The molecule has 0 unspecified atom stereocenters. The van der Waals surface area contributed by atoms with Gasteiger partial charge in [0.15, 0.2) is 0 Å². The molecular weight excluding hydrogens is 200 g/mol. The molecule has 3 nitrogen and oxygen atoms in total. The minimum Gasteiger partial charge on any atom is -0.322 e. The molecule has 0 saturated heterocycles. The number of carbonyl (C=O) groups excluding carboxylic acids is 1. The van der Waals surface area contributed by atoms with E-state index in [1.807, 2.05) is 6.92 Å². The fourth-order valence-electron chi connectivity index (χ4n) is 1.71. The second-order valence-corrected chi connectivity index (χ2v) is 4.58. The van der Waals surface area contributed by atoms with E-state index < -0.39 is 0 Å². The molecule has 0 heterocycles. The van der Waals surface area contributed by atoms with Crippen LogP contribution in [0.2, 0.25) is 0 Å². The highest BCUT2D eigenvalue weighted by Crippen LogP contribution is 2.03. The lowest BCUT2D eigenvalue weighted by Crippen LogP contribution is -2.30. The molecule has 0 aliphatic heterocycles. The van der Waals surface area contributed by atoms with Gasteiger partial charge >= 0.3 is 0 Å². The summed E-state index contributed by atoms with van der Waals surface area (Å²) in [6.45, 7) is 6.38. The van der Waals surface area contributed by atoms with Crippen molar-refractivity contribution in [1.29, 1.82) is 0 Å². The van der Waals surface area contributed by atoms with Crippen LogP contribution in [0, 0.1) is 0 Å². The van der Waals surface area contributed by atoms with Gasteiger partial charge in [0, 0.05) is 7.85 Å². The summed E-state index contributed by atoms with van der Waals surface area (Å²) in [5, 5.41) is 0. The largest absolute Gasteiger partial charge is 0.322 e. The summed E-state index contributed by atoms with van der Waals surface area (Å²) >= 11 is 0. The zero-order valence-corrected chi connectivity index (χ0v) is 11.2. The van der Waals surface area contributed by atoms with E-state index in [4.69, 9.17) is 5.73 Å². The summed E-state index contributed by atoms with van der Waals surface area (Å²) in [5.74, 6) is 0.194. The Morgan fingerprint density at radius 3 is 2.44 bits per heavy atom. The molecule has 0 aliphatic carbocycles. The number of unbranched alkanes of at least 4 members (excludes halogenated alkanes) is 2. The quantitative estimate of drug-likeness (QED) is 0.586. The molecule has 0 amide bonds. The summed E-state index contributed by atoms with van der Waals surface area (Å²) in [6, 6.07) is -0.231. The first-order valence-corrected chi connectivity index (χ1v) is 6.58. The molecule has 0 radical (unpaired) electrons. The molecule has 0 aliphatic rings. The number of ketones is 1. The van der Waals surface area contributed by atoms with Crippen molar-refractivity contribution in [2.24, 2.45) is 5.73 Å². The van der Waals surface area contributed by atoms with Crippen LogP contribution >= 0.6 is 0 Å². The fourth-order valence-corrected chi connectivity index (χ4v) is 1.71. The Labute approximate surface area is 102 Å². The molecule has 98 valence electrons. The van der Waals surface area contributed by atoms with Crippen molar-refractivity contribution in [3.8, 4) is 0 Å². The van der Waals surface area contributed by atoms with Crippen molar-refractivity contribution in [3.05, 3.63) is 0 Å². The van der Waals surface area contributed by atoms with Gasteiger partial charge in [-0.05, 0) is 39.4 Å². The summed E-state index contributed by atoms with van der Waals surface area (Å²) in [5.41, 5.74) is 5.76. The Morgan fingerprint density at radius 1 is 1.25 bits per heavy atom. The Hall–Kier alpha value is -0.410. The average Bonchev–Trinajstić information content (AvgIpc) is 2.30. The average molecular weight is 230 g/mol. The molecule has 16 heavy (non-hydrogen) atoms. The number of nitrogens with two attached hydrogens (primary N) is 1. The van der Waals surface area contributed by atoms with Crippen molar-refractivity contribution >= 4 is 5.78 Å². The van der Waals surface area contributed by atoms with E-state index in [1.165, 1.54) is 19.4 Å². The van der Waals surface area contributed by atoms with Crippen LogP contribution in [0.5, 0.6) is 0 Å². The van der Waals surface area contributed by atoms with Crippen LogP contribution in [0.3, 0.4) is 0 Å². The maximum Gasteiger partial charge on any atom is 0.149 e. The fraction of sp³-hybridized carbons (Fsp3) is 0.923. The van der Waals surface area contributed by atoms with Crippen LogP contribution in [0.25, 0.3) is 0 Å². The summed E-state index contributed by atoms with van der Waals surface area (Å²) in [7, 11) is 2.16. The van der Waals surface area contributed by atoms with Crippen molar-refractivity contribution in [1.82, 2.24) is 4.90 Å². The van der Waals surface area contributed by atoms with E-state index in [1.54, 1.807) is 0 Å². The summed E-state index contributed by atoms with van der Waals surface area (Å²) in [4.78, 5) is 13.6. The molecule has 3 heteroatoms. The van der Waals surface area contributed by atoms with Crippen LogP contribution in [0.1, 0.15) is 53.8 Å². The molecule has 0 aromatic rings. The zero-order valence-electron chi connectivity index (χ0n) is 11.2. The van der Waals surface area contributed by atoms with E-state index in [2.05, 4.69) is 18.9 Å². The van der Waals surface area contributed by atoms with Gasteiger partial charge < -0.3 is 10.6 Å². The highest BCUT2D eigenvalue weighted by Gasteiger charge is 2.10. The second kappa shape index (κ2) is 9.79. The maximum absolute atomic E-state index is 11.2. The van der Waals surface area contributed by atoms with Crippen LogP contribution in [-0.4, -0.2) is 36.9 Å². The summed E-state index contributed by atoms with van der Waals surface area (Å²) in [6.07, 6.45) is 6.13. The van der Waals surface area contributed by atoms with Gasteiger partial charge in [-0.2, -0.15) is 0 Å². The van der Waals surface area contributed by atoms with Crippen molar-refractivity contribution < 1.29 is 6.22 Å². The first kappa shape index (κ1) is 15.6. The number of hydrogen-bond acceptors (Lipinski definition) is 3. The predicted molar refractivity (Wildman–Crippen MR) is 71.6 cm³/mol. The van der Waals surface area contributed by atoms with Crippen molar-refractivity contribution in [2.45, 2.75) is 58.4 Å². The molecular formula is C13H30N2O. The lowest BCUT2D eigenvalue weighted by molar-refractivity contribution is -0.120. The van der Waals surface area contributed by atoms with Gasteiger partial charge in [0.2, 0.25) is 0 Å². The molecule has 0 aromatic heterocycles. The van der Waals surface area contributed by atoms with Gasteiger partial charge in [-0.15, -0.1) is 0 Å². The lowest BCUT2D eigenvalue weighted by Gasteiger charge is -2.16. The first-order chi connectivity index (χ1) is 7.61. The minimum atomic E-state index is -0.231. The normalized spacial score (nSPS) is 13.1. The van der Waals surface area contributed by atoms with E-state index in [-0.39, 0.29) is 13.3 Å². The van der Waals surface area contributed by atoms with Gasteiger partial charge in [0.25, 0.3) is 0 Å². The van der Waals surface area contributed by atoms with Gasteiger partial charge in [-0.25, -0.2) is 0 Å². The Bertz CT molecular complexity index is 188. The first-order valence-electron chi connectivity index (χ1n) is 6.58. The molecule has 1 atom stereocenters. The molecule has 0 saturated carbocycles. The van der Waals surface area contributed by atoms with Gasteiger partial charge in [-0.3, -0.25) is 4.79 Å². The predicted octanol–water partition coefficient (Wildman–Crippen LogP) is 2.44. The molecule has 0 spiro atoms. The third-order valence-electron chi connectivity index (χ3n) is 2.96. The minimum absolute atomic E-state index is 0. The number of rotatable bonds is 10. The van der Waals surface area contributed by atoms with Crippen molar-refractivity contribution in [2.75, 3.05) is 20.1 Å². The third kappa shape index (κ3) is 7.83. The van der Waals surface area contributed by atoms with Gasteiger partial charge in [-0.1, -0.05) is 26.7 Å². The van der Waals surface area contributed by atoms with E-state index in [0.717, 1.165) is 25.8 Å². The van der Waals surface area contributed by atoms with Crippen LogP contribution in [-0.2, 0) is 4.79 Å². The highest BCUT2D eigenvalue weighted by atomic mass is 16.1. The zero-order chi connectivity index (χ0) is 12.4. The maximum atomic E-state index is 11.2. The number of Topliss-reactive ketones (excluding diaryl/α,β-unsaturated/α-hetero) is 1. The molecule has 0 rings (SSSR count). The molecule has 0 aromatic carbocycles. The van der Waals surface area contributed by atoms with E-state index in [0.29, 0.717) is 6.42 Å². The van der Waals surface area contributed by atoms with Crippen molar-refractivity contribution in [3.63, 3.8) is 0 Å².